The maximum atomic E-state index is 12.0. The molecule has 2 rings (SSSR count). The van der Waals surface area contributed by atoms with Crippen LogP contribution >= 0.6 is 27.7 Å². The number of anilines is 2. The first-order valence-electron chi connectivity index (χ1n) is 5.60. The third-order valence-electron chi connectivity index (χ3n) is 2.61. The Morgan fingerprint density at radius 1 is 1.21 bits per heavy atom. The number of carbonyl (C=O) groups is 1. The normalized spacial score (nSPS) is 10.2. The number of amides is 1. The van der Waals surface area contributed by atoms with Gasteiger partial charge in [0.05, 0.1) is 0 Å². The van der Waals surface area contributed by atoms with Gasteiger partial charge in [0.1, 0.15) is 0 Å². The maximum Gasteiger partial charge on any atom is 0.255 e. The molecule has 0 unspecified atom stereocenters. The average molecular weight is 337 g/mol. The Labute approximate surface area is 124 Å². The molecule has 0 fully saturated rings. The number of nitrogens with two attached hydrogens (primary N) is 1. The molecule has 5 heteroatoms. The first-order valence-corrected chi connectivity index (χ1v) is 7.62. The minimum Gasteiger partial charge on any atom is -0.398 e. The molecular weight excluding hydrogens is 324 g/mol. The topological polar surface area (TPSA) is 55.1 Å². The minimum atomic E-state index is -0.170. The number of hydrogen-bond donors (Lipinski definition) is 2. The van der Waals surface area contributed by atoms with E-state index in [4.69, 9.17) is 5.73 Å². The second-order valence-electron chi connectivity index (χ2n) is 3.92. The Kier molecular flexibility index (Phi) is 4.50. The van der Waals surface area contributed by atoms with Crippen molar-refractivity contribution in [3.8, 4) is 0 Å². The summed E-state index contributed by atoms with van der Waals surface area (Å²) in [6.07, 6.45) is 2.01. The smallest absolute Gasteiger partial charge is 0.255 e. The van der Waals surface area contributed by atoms with Gasteiger partial charge in [-0.05, 0) is 64.7 Å². The summed E-state index contributed by atoms with van der Waals surface area (Å²) in [7, 11) is 0. The van der Waals surface area contributed by atoms with Gasteiger partial charge in [-0.25, -0.2) is 0 Å². The fraction of sp³-hybridized carbons (Fsp3) is 0.0714. The number of nitrogens with one attached hydrogen (secondary N) is 1. The Balaban J connectivity index is 2.13. The van der Waals surface area contributed by atoms with Crippen molar-refractivity contribution in [2.45, 2.75) is 4.90 Å². The molecule has 0 heterocycles. The highest BCUT2D eigenvalue weighted by Gasteiger charge is 2.07. The molecule has 1 amide bonds. The van der Waals surface area contributed by atoms with Crippen LogP contribution < -0.4 is 11.1 Å². The van der Waals surface area contributed by atoms with Crippen molar-refractivity contribution >= 4 is 45.0 Å². The molecule has 0 atom stereocenters. The van der Waals surface area contributed by atoms with E-state index in [2.05, 4.69) is 21.2 Å². The molecule has 3 N–H and O–H groups in total. The lowest BCUT2D eigenvalue weighted by Gasteiger charge is -2.07. The van der Waals surface area contributed by atoms with Gasteiger partial charge in [0.2, 0.25) is 0 Å². The van der Waals surface area contributed by atoms with Gasteiger partial charge in [0.25, 0.3) is 5.91 Å². The van der Waals surface area contributed by atoms with Crippen molar-refractivity contribution in [3.63, 3.8) is 0 Å². The number of benzene rings is 2. The van der Waals surface area contributed by atoms with Crippen LogP contribution in [0, 0.1) is 0 Å². The lowest BCUT2D eigenvalue weighted by molar-refractivity contribution is 0.102. The van der Waals surface area contributed by atoms with E-state index in [9.17, 15) is 4.79 Å². The summed E-state index contributed by atoms with van der Waals surface area (Å²) in [6.45, 7) is 0. The molecule has 0 aliphatic rings. The van der Waals surface area contributed by atoms with Gasteiger partial charge in [0.15, 0.2) is 0 Å². The van der Waals surface area contributed by atoms with Crippen LogP contribution in [0.3, 0.4) is 0 Å². The molecule has 98 valence electrons. The van der Waals surface area contributed by atoms with Gasteiger partial charge in [-0.1, -0.05) is 0 Å². The van der Waals surface area contributed by atoms with Crippen molar-refractivity contribution in [2.24, 2.45) is 0 Å². The Morgan fingerprint density at radius 2 is 1.89 bits per heavy atom. The van der Waals surface area contributed by atoms with Crippen molar-refractivity contribution in [3.05, 3.63) is 52.5 Å². The van der Waals surface area contributed by atoms with Crippen LogP contribution in [0.5, 0.6) is 0 Å². The van der Waals surface area contributed by atoms with Gasteiger partial charge < -0.3 is 11.1 Å². The Bertz CT molecular complexity index is 599. The number of nitrogen functional groups attached to an aromatic ring is 1. The third kappa shape index (κ3) is 3.52. The van der Waals surface area contributed by atoms with Crippen molar-refractivity contribution in [1.82, 2.24) is 0 Å². The van der Waals surface area contributed by atoms with Crippen LogP contribution in [0.2, 0.25) is 0 Å². The van der Waals surface area contributed by atoms with E-state index in [1.807, 2.05) is 30.5 Å². The molecule has 19 heavy (non-hydrogen) atoms. The lowest BCUT2D eigenvalue weighted by Crippen LogP contribution is -2.12. The summed E-state index contributed by atoms with van der Waals surface area (Å²) >= 11 is 4.96. The zero-order chi connectivity index (χ0) is 13.8. The summed E-state index contributed by atoms with van der Waals surface area (Å²) < 4.78 is 0.786. The fourth-order valence-electron chi connectivity index (χ4n) is 1.56. The summed E-state index contributed by atoms with van der Waals surface area (Å²) in [5, 5.41) is 2.84. The van der Waals surface area contributed by atoms with Gasteiger partial charge in [-0.2, -0.15) is 0 Å². The van der Waals surface area contributed by atoms with Gasteiger partial charge in [-0.15, -0.1) is 11.8 Å². The van der Waals surface area contributed by atoms with E-state index >= 15 is 0 Å². The standard InChI is InChI=1S/C14H13BrN2OS/c1-19-11-5-3-10(4-6-11)17-14(18)9-2-7-12(15)13(16)8-9/h2-8H,16H2,1H3,(H,17,18). The summed E-state index contributed by atoms with van der Waals surface area (Å²) in [5.41, 5.74) is 7.61. The van der Waals surface area contributed by atoms with E-state index in [1.54, 1.807) is 30.0 Å². The zero-order valence-electron chi connectivity index (χ0n) is 10.3. The third-order valence-corrected chi connectivity index (χ3v) is 4.07. The average Bonchev–Trinajstić information content (AvgIpc) is 2.42. The molecule has 2 aromatic rings. The Morgan fingerprint density at radius 3 is 2.47 bits per heavy atom. The molecule has 0 spiro atoms. The van der Waals surface area contributed by atoms with Crippen molar-refractivity contribution < 1.29 is 4.79 Å². The predicted molar refractivity (Wildman–Crippen MR) is 84.7 cm³/mol. The lowest BCUT2D eigenvalue weighted by atomic mass is 10.2. The van der Waals surface area contributed by atoms with Crippen LogP contribution in [0.25, 0.3) is 0 Å². The van der Waals surface area contributed by atoms with Gasteiger partial charge >= 0.3 is 0 Å². The summed E-state index contributed by atoms with van der Waals surface area (Å²) in [5.74, 6) is -0.170. The Hall–Kier alpha value is -1.46. The molecule has 2 aromatic carbocycles. The number of carbonyl (C=O) groups excluding carboxylic acids is 1. The van der Waals surface area contributed by atoms with E-state index in [1.165, 1.54) is 0 Å². The first-order chi connectivity index (χ1) is 9.10. The van der Waals surface area contributed by atoms with Crippen molar-refractivity contribution in [2.75, 3.05) is 17.3 Å². The van der Waals surface area contributed by atoms with Crippen LogP contribution in [-0.4, -0.2) is 12.2 Å². The monoisotopic (exact) mass is 336 g/mol. The number of thioether (sulfide) groups is 1. The highest BCUT2D eigenvalue weighted by molar-refractivity contribution is 9.10. The molecule has 0 saturated heterocycles. The summed E-state index contributed by atoms with van der Waals surface area (Å²) in [4.78, 5) is 13.2. The second-order valence-corrected chi connectivity index (χ2v) is 5.65. The van der Waals surface area contributed by atoms with Gasteiger partial charge in [0, 0.05) is 26.3 Å². The highest BCUT2D eigenvalue weighted by atomic mass is 79.9. The second kappa shape index (κ2) is 6.12. The van der Waals surface area contributed by atoms with Crippen LogP contribution in [0.15, 0.2) is 51.8 Å². The van der Waals surface area contributed by atoms with Crippen LogP contribution in [0.1, 0.15) is 10.4 Å². The van der Waals surface area contributed by atoms with Crippen LogP contribution in [-0.2, 0) is 0 Å². The molecule has 0 saturated carbocycles. The van der Waals surface area contributed by atoms with Crippen molar-refractivity contribution in [1.29, 1.82) is 0 Å². The quantitative estimate of drug-likeness (QED) is 0.657. The largest absolute Gasteiger partial charge is 0.398 e. The summed E-state index contributed by atoms with van der Waals surface area (Å²) in [6, 6.07) is 12.8. The number of halogens is 1. The van der Waals surface area contributed by atoms with Gasteiger partial charge in [-0.3, -0.25) is 4.79 Å². The molecule has 0 aliphatic carbocycles. The highest BCUT2D eigenvalue weighted by Crippen LogP contribution is 2.21. The van der Waals surface area contributed by atoms with E-state index in [0.717, 1.165) is 15.1 Å². The predicted octanol–water partition coefficient (Wildman–Crippen LogP) is 4.01. The fourth-order valence-corrected chi connectivity index (χ4v) is 2.22. The van der Waals surface area contributed by atoms with E-state index < -0.39 is 0 Å². The number of hydrogen-bond acceptors (Lipinski definition) is 3. The SMILES string of the molecule is CSc1ccc(NC(=O)c2ccc(Br)c(N)c2)cc1. The van der Waals surface area contributed by atoms with E-state index in [-0.39, 0.29) is 5.91 Å². The maximum absolute atomic E-state index is 12.0. The van der Waals surface area contributed by atoms with Crippen LogP contribution in [0.4, 0.5) is 11.4 Å². The minimum absolute atomic E-state index is 0.170. The van der Waals surface area contributed by atoms with E-state index in [0.29, 0.717) is 11.3 Å². The molecule has 0 bridgehead atoms. The first kappa shape index (κ1) is 14.0. The molecule has 0 aromatic heterocycles. The molecule has 0 radical (unpaired) electrons. The zero-order valence-corrected chi connectivity index (χ0v) is 12.7. The molecular formula is C14H13BrN2OS. The molecule has 0 aliphatic heterocycles. The number of rotatable bonds is 3. The molecule has 3 nitrogen and oxygen atoms in total.